The Hall–Kier alpha value is -2.82. The van der Waals surface area contributed by atoms with Gasteiger partial charge in [0.15, 0.2) is 5.75 Å². The third-order valence-electron chi connectivity index (χ3n) is 5.38. The average molecular weight is 363 g/mol. The summed E-state index contributed by atoms with van der Waals surface area (Å²) in [5, 5.41) is 3.06. The van der Waals surface area contributed by atoms with Crippen LogP contribution in [-0.2, 0) is 4.79 Å². The fraction of sp³-hybridized carbons (Fsp3) is 0.364. The van der Waals surface area contributed by atoms with E-state index in [-0.39, 0.29) is 17.9 Å². The van der Waals surface area contributed by atoms with Gasteiger partial charge in [-0.15, -0.1) is 0 Å². The van der Waals surface area contributed by atoms with Crippen LogP contribution in [0.5, 0.6) is 11.5 Å². The first kappa shape index (κ1) is 17.6. The molecule has 1 fully saturated rings. The number of para-hydroxylation sites is 2. The number of amidine groups is 1. The van der Waals surface area contributed by atoms with Gasteiger partial charge in [0.05, 0.1) is 5.56 Å². The monoisotopic (exact) mass is 363 g/mol. The van der Waals surface area contributed by atoms with E-state index in [1.807, 2.05) is 49.5 Å². The van der Waals surface area contributed by atoms with Crippen LogP contribution in [0.3, 0.4) is 0 Å². The molecule has 1 N–H and O–H groups in total. The van der Waals surface area contributed by atoms with Crippen LogP contribution in [0.4, 0.5) is 11.4 Å². The summed E-state index contributed by atoms with van der Waals surface area (Å²) in [6.45, 7) is 4.25. The van der Waals surface area contributed by atoms with Crippen LogP contribution in [0.2, 0.25) is 0 Å². The second-order valence-corrected chi connectivity index (χ2v) is 7.54. The first-order valence-corrected chi connectivity index (χ1v) is 9.56. The lowest BCUT2D eigenvalue weighted by atomic mass is 9.85. The van der Waals surface area contributed by atoms with Gasteiger partial charge < -0.3 is 15.0 Å². The molecule has 27 heavy (non-hydrogen) atoms. The highest BCUT2D eigenvalue weighted by molar-refractivity contribution is 6.05. The van der Waals surface area contributed by atoms with Crippen LogP contribution >= 0.6 is 0 Å². The molecule has 1 aliphatic carbocycles. The predicted octanol–water partition coefficient (Wildman–Crippen LogP) is 4.95. The third kappa shape index (κ3) is 3.42. The Morgan fingerprint density at radius 3 is 2.67 bits per heavy atom. The van der Waals surface area contributed by atoms with E-state index in [0.717, 1.165) is 53.5 Å². The van der Waals surface area contributed by atoms with Crippen molar-refractivity contribution in [1.82, 2.24) is 4.90 Å². The van der Waals surface area contributed by atoms with E-state index < -0.39 is 0 Å². The molecule has 1 heterocycles. The zero-order chi connectivity index (χ0) is 19.0. The van der Waals surface area contributed by atoms with Gasteiger partial charge in [-0.25, -0.2) is 4.99 Å². The van der Waals surface area contributed by atoms with Gasteiger partial charge in [-0.1, -0.05) is 18.6 Å². The summed E-state index contributed by atoms with van der Waals surface area (Å²) in [7, 11) is 2.03. The van der Waals surface area contributed by atoms with E-state index in [0.29, 0.717) is 0 Å². The van der Waals surface area contributed by atoms with Crippen LogP contribution in [-0.4, -0.2) is 29.7 Å². The Labute approximate surface area is 160 Å². The molecule has 0 saturated heterocycles. The normalized spacial score (nSPS) is 15.6. The van der Waals surface area contributed by atoms with Crippen molar-refractivity contribution in [3.63, 3.8) is 0 Å². The Morgan fingerprint density at radius 2 is 1.96 bits per heavy atom. The highest BCUT2D eigenvalue weighted by atomic mass is 16.5. The smallest absolute Gasteiger partial charge is 0.227 e. The van der Waals surface area contributed by atoms with Crippen molar-refractivity contribution in [2.24, 2.45) is 10.9 Å². The predicted molar refractivity (Wildman–Crippen MR) is 108 cm³/mol. The fourth-order valence-electron chi connectivity index (χ4n) is 3.23. The summed E-state index contributed by atoms with van der Waals surface area (Å²) < 4.78 is 6.15. The minimum absolute atomic E-state index is 0.106. The van der Waals surface area contributed by atoms with Crippen LogP contribution in [0.15, 0.2) is 47.5 Å². The average Bonchev–Trinajstić information content (AvgIpc) is 2.75. The van der Waals surface area contributed by atoms with Crippen molar-refractivity contribution in [3.05, 3.63) is 48.0 Å². The molecule has 1 amide bonds. The van der Waals surface area contributed by atoms with E-state index in [9.17, 15) is 4.79 Å². The van der Waals surface area contributed by atoms with Crippen LogP contribution < -0.4 is 10.1 Å². The second kappa shape index (κ2) is 7.06. The Morgan fingerprint density at radius 1 is 1.19 bits per heavy atom. The van der Waals surface area contributed by atoms with Crippen molar-refractivity contribution >= 4 is 23.1 Å². The maximum atomic E-state index is 12.3. The Kier molecular flexibility index (Phi) is 4.60. The largest absolute Gasteiger partial charge is 0.454 e. The quantitative estimate of drug-likeness (QED) is 0.839. The summed E-state index contributed by atoms with van der Waals surface area (Å²) >= 11 is 0. The molecular weight excluding hydrogens is 338 g/mol. The van der Waals surface area contributed by atoms with Crippen LogP contribution in [0.25, 0.3) is 0 Å². The number of hydrogen-bond donors (Lipinski definition) is 1. The number of fused-ring (bicyclic) bond motifs is 2. The lowest BCUT2D eigenvalue weighted by Gasteiger charge is -2.26. The highest BCUT2D eigenvalue weighted by Crippen LogP contribution is 2.39. The molecule has 1 aliphatic heterocycles. The van der Waals surface area contributed by atoms with E-state index in [1.54, 1.807) is 0 Å². The standard InChI is InChI=1S/C22H25N3O2/c1-14(2)25(3)21-17-13-16(23-22(26)15-7-6-8-15)11-12-19(17)27-20-10-5-4-9-18(20)24-21/h4-5,9-15H,6-8H2,1-3H3,(H,23,26). The fourth-order valence-corrected chi connectivity index (χ4v) is 3.23. The first-order valence-electron chi connectivity index (χ1n) is 9.56. The van der Waals surface area contributed by atoms with Crippen molar-refractivity contribution in [2.45, 2.75) is 39.2 Å². The number of carbonyl (C=O) groups is 1. The number of anilines is 1. The molecule has 0 atom stereocenters. The van der Waals surface area contributed by atoms with Crippen molar-refractivity contribution in [1.29, 1.82) is 0 Å². The molecule has 1 saturated carbocycles. The van der Waals surface area contributed by atoms with Gasteiger partial charge in [0.25, 0.3) is 0 Å². The van der Waals surface area contributed by atoms with Crippen molar-refractivity contribution in [3.8, 4) is 11.5 Å². The maximum Gasteiger partial charge on any atom is 0.227 e. The number of nitrogens with one attached hydrogen (secondary N) is 1. The second-order valence-electron chi connectivity index (χ2n) is 7.54. The number of hydrogen-bond acceptors (Lipinski definition) is 4. The van der Waals surface area contributed by atoms with Gasteiger partial charge in [-0.05, 0) is 57.0 Å². The van der Waals surface area contributed by atoms with Gasteiger partial charge in [-0.2, -0.15) is 0 Å². The Balaban J connectivity index is 1.74. The van der Waals surface area contributed by atoms with Gasteiger partial charge >= 0.3 is 0 Å². The molecule has 0 aromatic heterocycles. The number of benzene rings is 2. The number of rotatable bonds is 3. The number of ether oxygens (including phenoxy) is 1. The van der Waals surface area contributed by atoms with E-state index >= 15 is 0 Å². The van der Waals surface area contributed by atoms with Gasteiger partial charge in [0, 0.05) is 24.7 Å². The van der Waals surface area contributed by atoms with Gasteiger partial charge in [-0.3, -0.25) is 4.79 Å². The van der Waals surface area contributed by atoms with Crippen LogP contribution in [0.1, 0.15) is 38.7 Å². The highest BCUT2D eigenvalue weighted by Gasteiger charge is 2.26. The topological polar surface area (TPSA) is 53.9 Å². The zero-order valence-electron chi connectivity index (χ0n) is 16.0. The first-order chi connectivity index (χ1) is 13.0. The molecule has 0 unspecified atom stereocenters. The molecule has 4 rings (SSSR count). The number of carbonyl (C=O) groups excluding carboxylic acids is 1. The summed E-state index contributed by atoms with van der Waals surface area (Å²) in [4.78, 5) is 19.4. The summed E-state index contributed by atoms with van der Waals surface area (Å²) in [5.74, 6) is 2.57. The lowest BCUT2D eigenvalue weighted by molar-refractivity contribution is -0.122. The molecule has 140 valence electrons. The van der Waals surface area contributed by atoms with Gasteiger partial charge in [0.1, 0.15) is 17.3 Å². The minimum Gasteiger partial charge on any atom is -0.454 e. The van der Waals surface area contributed by atoms with E-state index in [2.05, 4.69) is 24.1 Å². The summed E-state index contributed by atoms with van der Waals surface area (Å²) in [5.41, 5.74) is 2.47. The number of nitrogens with zero attached hydrogens (tertiary/aromatic N) is 2. The molecular formula is C22H25N3O2. The molecule has 2 aromatic rings. The van der Waals surface area contributed by atoms with Crippen molar-refractivity contribution < 1.29 is 9.53 Å². The molecule has 2 aliphatic rings. The van der Waals surface area contributed by atoms with Crippen molar-refractivity contribution in [2.75, 3.05) is 12.4 Å². The zero-order valence-corrected chi connectivity index (χ0v) is 16.0. The lowest BCUT2D eigenvalue weighted by Crippen LogP contribution is -2.33. The molecule has 0 spiro atoms. The maximum absolute atomic E-state index is 12.3. The molecule has 5 nitrogen and oxygen atoms in total. The molecule has 0 radical (unpaired) electrons. The van der Waals surface area contributed by atoms with Crippen LogP contribution in [0, 0.1) is 5.92 Å². The molecule has 5 heteroatoms. The summed E-state index contributed by atoms with van der Waals surface area (Å²) in [6, 6.07) is 13.8. The molecule has 2 aromatic carbocycles. The number of amides is 1. The summed E-state index contributed by atoms with van der Waals surface area (Å²) in [6.07, 6.45) is 3.11. The molecule has 0 bridgehead atoms. The van der Waals surface area contributed by atoms with E-state index in [1.165, 1.54) is 0 Å². The third-order valence-corrected chi connectivity index (χ3v) is 5.38. The SMILES string of the molecule is CC(C)N(C)C1=Nc2ccccc2Oc2ccc(NC(=O)C3CCC3)cc21. The van der Waals surface area contributed by atoms with E-state index in [4.69, 9.17) is 9.73 Å². The minimum atomic E-state index is 0.106. The van der Waals surface area contributed by atoms with Gasteiger partial charge in [0.2, 0.25) is 5.91 Å². The Bertz CT molecular complexity index is 900. The number of aliphatic imine (C=N–C) groups is 1.